The Morgan fingerprint density at radius 3 is 1.43 bits per heavy atom. The van der Waals surface area contributed by atoms with E-state index in [1.54, 1.807) is 0 Å². The molecule has 0 spiro atoms. The molecule has 0 aliphatic carbocycles. The zero-order valence-corrected chi connectivity index (χ0v) is 37.5. The number of aromatic nitrogens is 4. The van der Waals surface area contributed by atoms with Gasteiger partial charge in [-0.3, -0.25) is 0 Å². The van der Waals surface area contributed by atoms with Crippen molar-refractivity contribution in [2.24, 2.45) is 0 Å². The third kappa shape index (κ3) is 6.10. The predicted octanol–water partition coefficient (Wildman–Crippen LogP) is 17.1. The van der Waals surface area contributed by atoms with Crippen molar-refractivity contribution < 1.29 is 0 Å². The topological polar surface area (TPSA) is 43.6 Å². The number of benzene rings is 11. The second-order valence-corrected chi connectivity index (χ2v) is 18.5. The standard InChI is InChI=1S/C63H38N4S/c1-2-16-39(17-3-1)44-34-32-43(38-58(44)67-56-29-11-8-24-51(56)52-25-9-12-30-57(52)67)63-65-61(41-19-14-18-40(36-41)45-27-15-28-54-53-26-10-13-31-59(53)68-60(45)54)64-62(66-63)42-33-35-50-48-22-5-4-20-46(48)47-21-6-7-23-49(47)55(50)37-42/h1-38H. The molecule has 3 aromatic heterocycles. The van der Waals surface area contributed by atoms with E-state index in [1.165, 1.54) is 68.8 Å². The van der Waals surface area contributed by atoms with Gasteiger partial charge in [0.2, 0.25) is 0 Å². The van der Waals surface area contributed by atoms with E-state index in [2.05, 4.69) is 235 Å². The minimum absolute atomic E-state index is 0.604. The second-order valence-electron chi connectivity index (χ2n) is 17.5. The summed E-state index contributed by atoms with van der Waals surface area (Å²) < 4.78 is 4.96. The molecule has 0 atom stereocenters. The average molecular weight is 883 g/mol. The summed E-state index contributed by atoms with van der Waals surface area (Å²) in [6.07, 6.45) is 0. The van der Waals surface area contributed by atoms with Crippen LogP contribution in [0.5, 0.6) is 0 Å². The molecule has 0 amide bonds. The van der Waals surface area contributed by atoms with E-state index in [4.69, 9.17) is 15.0 Å². The van der Waals surface area contributed by atoms with Gasteiger partial charge in [-0.2, -0.15) is 0 Å². The largest absolute Gasteiger partial charge is 0.309 e. The Hall–Kier alpha value is -8.77. The van der Waals surface area contributed by atoms with Crippen LogP contribution in [-0.2, 0) is 0 Å². The number of hydrogen-bond acceptors (Lipinski definition) is 4. The molecule has 316 valence electrons. The van der Waals surface area contributed by atoms with Gasteiger partial charge in [-0.1, -0.05) is 194 Å². The van der Waals surface area contributed by atoms with Crippen LogP contribution in [0, 0.1) is 0 Å². The monoisotopic (exact) mass is 882 g/mol. The van der Waals surface area contributed by atoms with Crippen LogP contribution < -0.4 is 0 Å². The normalized spacial score (nSPS) is 11.8. The number of hydrogen-bond donors (Lipinski definition) is 0. The molecule has 0 aliphatic heterocycles. The van der Waals surface area contributed by atoms with E-state index < -0.39 is 0 Å². The van der Waals surface area contributed by atoms with Crippen LogP contribution >= 0.6 is 11.3 Å². The van der Waals surface area contributed by atoms with Crippen LogP contribution in [0.2, 0.25) is 0 Å². The van der Waals surface area contributed by atoms with Gasteiger partial charge < -0.3 is 4.57 Å². The number of para-hydroxylation sites is 2. The van der Waals surface area contributed by atoms with Crippen molar-refractivity contribution in [3.05, 3.63) is 231 Å². The smallest absolute Gasteiger partial charge is 0.164 e. The van der Waals surface area contributed by atoms with Gasteiger partial charge in [0.05, 0.1) is 16.7 Å². The van der Waals surface area contributed by atoms with Crippen molar-refractivity contribution in [3.8, 4) is 62.1 Å². The van der Waals surface area contributed by atoms with E-state index in [0.29, 0.717) is 17.5 Å². The minimum atomic E-state index is 0.604. The first-order valence-corrected chi connectivity index (χ1v) is 23.8. The highest BCUT2D eigenvalue weighted by atomic mass is 32.1. The minimum Gasteiger partial charge on any atom is -0.309 e. The molecular formula is C63H38N4S. The fourth-order valence-electron chi connectivity index (χ4n) is 10.5. The highest BCUT2D eigenvalue weighted by Gasteiger charge is 2.20. The summed E-state index contributed by atoms with van der Waals surface area (Å²) in [5, 5.41) is 12.2. The quantitative estimate of drug-likeness (QED) is 0.156. The SMILES string of the molecule is c1ccc(-c2ccc(-c3nc(-c4cccc(-c5cccc6c5sc5ccccc56)c4)nc(-c4ccc5c6ccccc6c6ccccc6c5c4)n3)cc2-n2c3ccccc3c3ccccc32)cc1. The number of rotatable bonds is 6. The van der Waals surface area contributed by atoms with Gasteiger partial charge in [-0.15, -0.1) is 11.3 Å². The average Bonchev–Trinajstić information content (AvgIpc) is 3.97. The molecule has 14 rings (SSSR count). The van der Waals surface area contributed by atoms with Crippen molar-refractivity contribution in [2.45, 2.75) is 0 Å². The number of thiophene rings is 1. The van der Waals surface area contributed by atoms with E-state index >= 15 is 0 Å². The molecule has 0 unspecified atom stereocenters. The Labute approximate surface area is 395 Å². The summed E-state index contributed by atoms with van der Waals surface area (Å²) in [6.45, 7) is 0. The summed E-state index contributed by atoms with van der Waals surface area (Å²) in [7, 11) is 0. The molecule has 3 heterocycles. The molecule has 68 heavy (non-hydrogen) atoms. The Bertz CT molecular complexity index is 4250. The van der Waals surface area contributed by atoms with Gasteiger partial charge in [-0.25, -0.2) is 15.0 Å². The lowest BCUT2D eigenvalue weighted by Crippen LogP contribution is -2.02. The van der Waals surface area contributed by atoms with Crippen molar-refractivity contribution in [3.63, 3.8) is 0 Å². The van der Waals surface area contributed by atoms with Crippen molar-refractivity contribution in [1.29, 1.82) is 0 Å². The van der Waals surface area contributed by atoms with Crippen LogP contribution in [0.4, 0.5) is 0 Å². The third-order valence-electron chi connectivity index (χ3n) is 13.6. The van der Waals surface area contributed by atoms with Crippen LogP contribution in [0.25, 0.3) is 136 Å². The molecule has 0 bridgehead atoms. The maximum atomic E-state index is 5.41. The maximum Gasteiger partial charge on any atom is 0.164 e. The third-order valence-corrected chi connectivity index (χ3v) is 14.9. The van der Waals surface area contributed by atoms with Gasteiger partial charge in [0.25, 0.3) is 0 Å². The predicted molar refractivity (Wildman–Crippen MR) is 287 cm³/mol. The molecule has 0 radical (unpaired) electrons. The summed E-state index contributed by atoms with van der Waals surface area (Å²) in [5.74, 6) is 1.84. The molecule has 0 saturated heterocycles. The van der Waals surface area contributed by atoms with Gasteiger partial charge in [0.15, 0.2) is 17.5 Å². The molecule has 0 fully saturated rings. The second kappa shape index (κ2) is 15.4. The lowest BCUT2D eigenvalue weighted by molar-refractivity contribution is 1.07. The Morgan fingerprint density at radius 1 is 0.279 bits per heavy atom. The first kappa shape index (κ1) is 38.5. The summed E-state index contributed by atoms with van der Waals surface area (Å²) in [5.41, 5.74) is 10.6. The summed E-state index contributed by atoms with van der Waals surface area (Å²) in [4.78, 5) is 16.2. The van der Waals surface area contributed by atoms with Gasteiger partial charge in [-0.05, 0) is 85.4 Å². The van der Waals surface area contributed by atoms with Crippen LogP contribution in [0.3, 0.4) is 0 Å². The summed E-state index contributed by atoms with van der Waals surface area (Å²) in [6, 6.07) is 82.8. The fraction of sp³-hybridized carbons (Fsp3) is 0. The van der Waals surface area contributed by atoms with Gasteiger partial charge in [0, 0.05) is 53.2 Å². The number of fused-ring (bicyclic) bond motifs is 12. The molecule has 11 aromatic carbocycles. The van der Waals surface area contributed by atoms with Crippen molar-refractivity contribution >= 4 is 85.6 Å². The zero-order valence-electron chi connectivity index (χ0n) is 36.6. The Morgan fingerprint density at radius 2 is 0.750 bits per heavy atom. The maximum absolute atomic E-state index is 5.41. The first-order chi connectivity index (χ1) is 33.7. The molecule has 0 saturated carbocycles. The van der Waals surface area contributed by atoms with E-state index in [-0.39, 0.29) is 0 Å². The van der Waals surface area contributed by atoms with E-state index in [9.17, 15) is 0 Å². The zero-order chi connectivity index (χ0) is 44.7. The van der Waals surface area contributed by atoms with Crippen LogP contribution in [0.1, 0.15) is 0 Å². The first-order valence-electron chi connectivity index (χ1n) is 23.0. The van der Waals surface area contributed by atoms with E-state index in [0.717, 1.165) is 50.1 Å². The van der Waals surface area contributed by atoms with Gasteiger partial charge >= 0.3 is 0 Å². The fourth-order valence-corrected chi connectivity index (χ4v) is 11.7. The Balaban J connectivity index is 1.01. The highest BCUT2D eigenvalue weighted by Crippen LogP contribution is 2.43. The Kier molecular flexibility index (Phi) is 8.73. The highest BCUT2D eigenvalue weighted by molar-refractivity contribution is 7.26. The molecule has 14 aromatic rings. The van der Waals surface area contributed by atoms with Crippen LogP contribution in [0.15, 0.2) is 231 Å². The summed E-state index contributed by atoms with van der Waals surface area (Å²) >= 11 is 1.84. The number of nitrogens with zero attached hydrogens (tertiary/aromatic N) is 4. The lowest BCUT2D eigenvalue weighted by Gasteiger charge is -2.16. The molecule has 0 N–H and O–H groups in total. The van der Waals surface area contributed by atoms with Crippen LogP contribution in [-0.4, -0.2) is 19.5 Å². The molecule has 0 aliphatic rings. The molecular weight excluding hydrogens is 845 g/mol. The van der Waals surface area contributed by atoms with E-state index in [1.807, 2.05) is 11.3 Å². The van der Waals surface area contributed by atoms with Crippen molar-refractivity contribution in [2.75, 3.05) is 0 Å². The lowest BCUT2D eigenvalue weighted by atomic mass is 9.93. The molecule has 4 nitrogen and oxygen atoms in total. The van der Waals surface area contributed by atoms with Gasteiger partial charge in [0.1, 0.15) is 0 Å². The van der Waals surface area contributed by atoms with Crippen molar-refractivity contribution in [1.82, 2.24) is 19.5 Å². The molecule has 5 heteroatoms.